The van der Waals surface area contributed by atoms with Crippen LogP contribution in [0, 0.1) is 6.92 Å². The second kappa shape index (κ2) is 6.70. The number of nitrogens with one attached hydrogen (secondary N) is 2. The van der Waals surface area contributed by atoms with Gasteiger partial charge in [-0.3, -0.25) is 9.52 Å². The number of carbonyl (C=O) groups is 1. The summed E-state index contributed by atoms with van der Waals surface area (Å²) in [6.45, 7) is 3.22. The maximum atomic E-state index is 12.5. The highest BCUT2D eigenvalue weighted by Gasteiger charge is 2.16. The van der Waals surface area contributed by atoms with E-state index in [0.29, 0.717) is 11.4 Å². The van der Waals surface area contributed by atoms with Crippen LogP contribution in [0.15, 0.2) is 47.4 Å². The van der Waals surface area contributed by atoms with Gasteiger partial charge in [-0.15, -0.1) is 0 Å². The van der Waals surface area contributed by atoms with Crippen molar-refractivity contribution in [3.63, 3.8) is 0 Å². The molecule has 0 heterocycles. The highest BCUT2D eigenvalue weighted by Crippen LogP contribution is 2.29. The molecule has 0 aliphatic heterocycles. The van der Waals surface area contributed by atoms with Crippen LogP contribution in [0.1, 0.15) is 12.5 Å². The van der Waals surface area contributed by atoms with Gasteiger partial charge >= 0.3 is 0 Å². The Kier molecular flexibility index (Phi) is 4.90. The second-order valence-corrected chi connectivity index (χ2v) is 6.69. The van der Waals surface area contributed by atoms with Crippen LogP contribution in [0.3, 0.4) is 0 Å². The molecule has 0 saturated heterocycles. The zero-order valence-corrected chi connectivity index (χ0v) is 13.9. The molecule has 2 aromatic carbocycles. The summed E-state index contributed by atoms with van der Waals surface area (Å²) in [6.07, 6.45) is 0. The number of methoxy groups -OCH3 is 1. The molecule has 2 N–H and O–H groups in total. The van der Waals surface area contributed by atoms with Crippen LogP contribution in [0.25, 0.3) is 0 Å². The number of ether oxygens (including phenoxy) is 1. The molecule has 1 amide bonds. The van der Waals surface area contributed by atoms with Gasteiger partial charge in [0.15, 0.2) is 0 Å². The Labute approximate surface area is 135 Å². The normalized spacial score (nSPS) is 10.9. The summed E-state index contributed by atoms with van der Waals surface area (Å²) < 4.78 is 32.5. The summed E-state index contributed by atoms with van der Waals surface area (Å²) >= 11 is 0. The van der Waals surface area contributed by atoms with Gasteiger partial charge in [-0.25, -0.2) is 8.42 Å². The molecule has 0 spiro atoms. The van der Waals surface area contributed by atoms with Crippen LogP contribution in [0.5, 0.6) is 5.75 Å². The highest BCUT2D eigenvalue weighted by molar-refractivity contribution is 7.92. The molecule has 23 heavy (non-hydrogen) atoms. The van der Waals surface area contributed by atoms with Crippen LogP contribution < -0.4 is 14.8 Å². The molecule has 2 aromatic rings. The smallest absolute Gasteiger partial charge is 0.261 e. The van der Waals surface area contributed by atoms with E-state index in [9.17, 15) is 13.2 Å². The maximum absolute atomic E-state index is 12.5. The first kappa shape index (κ1) is 16.8. The molecule has 7 heteroatoms. The molecule has 122 valence electrons. The van der Waals surface area contributed by atoms with E-state index < -0.39 is 10.0 Å². The third-order valence-corrected chi connectivity index (χ3v) is 4.49. The molecular weight excluding hydrogens is 316 g/mol. The van der Waals surface area contributed by atoms with Crippen molar-refractivity contribution in [2.75, 3.05) is 17.1 Å². The molecule has 0 aliphatic carbocycles. The third kappa shape index (κ3) is 4.23. The Hall–Kier alpha value is -2.54. The fourth-order valence-electron chi connectivity index (χ4n) is 1.95. The van der Waals surface area contributed by atoms with Gasteiger partial charge in [0, 0.05) is 13.0 Å². The number of rotatable bonds is 5. The van der Waals surface area contributed by atoms with E-state index in [-0.39, 0.29) is 16.5 Å². The number of sulfonamides is 1. The molecule has 6 nitrogen and oxygen atoms in total. The number of hydrogen-bond acceptors (Lipinski definition) is 4. The van der Waals surface area contributed by atoms with Crippen molar-refractivity contribution < 1.29 is 17.9 Å². The SMILES string of the molecule is COc1ccc(NS(=O)(=O)c2ccc(C)cc2)c(NC(C)=O)c1. The lowest BCUT2D eigenvalue weighted by atomic mass is 10.2. The van der Waals surface area contributed by atoms with Gasteiger partial charge in [-0.2, -0.15) is 0 Å². The van der Waals surface area contributed by atoms with Crippen molar-refractivity contribution >= 4 is 27.3 Å². The number of amides is 1. The average molecular weight is 334 g/mol. The van der Waals surface area contributed by atoms with E-state index >= 15 is 0 Å². The molecule has 0 unspecified atom stereocenters. The Bertz CT molecular complexity index is 814. The maximum Gasteiger partial charge on any atom is 0.261 e. The van der Waals surface area contributed by atoms with E-state index in [1.54, 1.807) is 24.3 Å². The predicted octanol–water partition coefficient (Wildman–Crippen LogP) is 2.76. The van der Waals surface area contributed by atoms with Gasteiger partial charge < -0.3 is 10.1 Å². The van der Waals surface area contributed by atoms with Crippen molar-refractivity contribution in [3.05, 3.63) is 48.0 Å². The highest BCUT2D eigenvalue weighted by atomic mass is 32.2. The summed E-state index contributed by atoms with van der Waals surface area (Å²) in [6, 6.07) is 11.2. The second-order valence-electron chi connectivity index (χ2n) is 5.01. The van der Waals surface area contributed by atoms with Crippen LogP contribution in [-0.2, 0) is 14.8 Å². The molecule has 0 aromatic heterocycles. The lowest BCUT2D eigenvalue weighted by molar-refractivity contribution is -0.114. The fourth-order valence-corrected chi connectivity index (χ4v) is 3.03. The first-order chi connectivity index (χ1) is 10.8. The lowest BCUT2D eigenvalue weighted by Gasteiger charge is -2.14. The first-order valence-corrected chi connectivity index (χ1v) is 8.35. The van der Waals surface area contributed by atoms with Gasteiger partial charge in [0.05, 0.1) is 23.4 Å². The lowest BCUT2D eigenvalue weighted by Crippen LogP contribution is -2.15. The molecule has 0 bridgehead atoms. The van der Waals surface area contributed by atoms with E-state index in [1.165, 1.54) is 32.2 Å². The standard InChI is InChI=1S/C16H18N2O4S/c1-11-4-7-14(8-5-11)23(20,21)18-15-9-6-13(22-3)10-16(15)17-12(2)19/h4-10,18H,1-3H3,(H,17,19). The van der Waals surface area contributed by atoms with Crippen molar-refractivity contribution in [1.29, 1.82) is 0 Å². The fraction of sp³-hybridized carbons (Fsp3) is 0.188. The topological polar surface area (TPSA) is 84.5 Å². The molecule has 0 radical (unpaired) electrons. The van der Waals surface area contributed by atoms with E-state index in [2.05, 4.69) is 10.0 Å². The number of hydrogen-bond donors (Lipinski definition) is 2. The minimum atomic E-state index is -3.75. The summed E-state index contributed by atoms with van der Waals surface area (Å²) in [5, 5.41) is 2.59. The minimum absolute atomic E-state index is 0.146. The molecule has 0 saturated carbocycles. The van der Waals surface area contributed by atoms with E-state index in [4.69, 9.17) is 4.74 Å². The summed E-state index contributed by atoms with van der Waals surface area (Å²) in [5.41, 5.74) is 1.56. The van der Waals surface area contributed by atoms with Gasteiger partial charge in [0.2, 0.25) is 5.91 Å². The minimum Gasteiger partial charge on any atom is -0.497 e. The molecule has 0 atom stereocenters. The van der Waals surface area contributed by atoms with Gasteiger partial charge in [0.1, 0.15) is 5.75 Å². The van der Waals surface area contributed by atoms with Crippen molar-refractivity contribution in [1.82, 2.24) is 0 Å². The third-order valence-electron chi connectivity index (χ3n) is 3.11. The first-order valence-electron chi connectivity index (χ1n) is 6.87. The van der Waals surface area contributed by atoms with Crippen LogP contribution in [-0.4, -0.2) is 21.4 Å². The monoisotopic (exact) mass is 334 g/mol. The van der Waals surface area contributed by atoms with Crippen LogP contribution >= 0.6 is 0 Å². The number of anilines is 2. The van der Waals surface area contributed by atoms with Gasteiger partial charge in [-0.1, -0.05) is 17.7 Å². The molecule has 2 rings (SSSR count). The van der Waals surface area contributed by atoms with Crippen LogP contribution in [0.2, 0.25) is 0 Å². The summed E-state index contributed by atoms with van der Waals surface area (Å²) in [4.78, 5) is 11.5. The van der Waals surface area contributed by atoms with Gasteiger partial charge in [0.25, 0.3) is 10.0 Å². The number of carbonyl (C=O) groups excluding carboxylic acids is 1. The molecule has 0 aliphatic rings. The quantitative estimate of drug-likeness (QED) is 0.880. The Morgan fingerprint density at radius 2 is 1.70 bits per heavy atom. The molecule has 0 fully saturated rings. The van der Waals surface area contributed by atoms with E-state index in [1.807, 2.05) is 6.92 Å². The van der Waals surface area contributed by atoms with Crippen molar-refractivity contribution in [2.45, 2.75) is 18.7 Å². The van der Waals surface area contributed by atoms with Crippen molar-refractivity contribution in [3.8, 4) is 5.75 Å². The number of aryl methyl sites for hydroxylation is 1. The van der Waals surface area contributed by atoms with E-state index in [0.717, 1.165) is 5.56 Å². The zero-order valence-electron chi connectivity index (χ0n) is 13.1. The molecular formula is C16H18N2O4S. The Morgan fingerprint density at radius 3 is 2.26 bits per heavy atom. The van der Waals surface area contributed by atoms with Gasteiger partial charge in [-0.05, 0) is 31.2 Å². The predicted molar refractivity (Wildman–Crippen MR) is 89.3 cm³/mol. The Morgan fingerprint density at radius 1 is 1.04 bits per heavy atom. The Balaban J connectivity index is 2.38. The van der Waals surface area contributed by atoms with Crippen LogP contribution in [0.4, 0.5) is 11.4 Å². The summed E-state index contributed by atoms with van der Waals surface area (Å²) in [7, 11) is -2.26. The largest absolute Gasteiger partial charge is 0.497 e. The number of benzene rings is 2. The zero-order chi connectivity index (χ0) is 17.0. The van der Waals surface area contributed by atoms with Crippen molar-refractivity contribution in [2.24, 2.45) is 0 Å². The average Bonchev–Trinajstić information content (AvgIpc) is 2.48. The summed E-state index contributed by atoms with van der Waals surface area (Å²) in [5.74, 6) is 0.195.